The lowest BCUT2D eigenvalue weighted by molar-refractivity contribution is -0.126. The van der Waals surface area contributed by atoms with E-state index in [4.69, 9.17) is 0 Å². The molecule has 0 aromatic rings. The maximum atomic E-state index is 11.3. The van der Waals surface area contributed by atoms with Crippen LogP contribution in [-0.4, -0.2) is 11.4 Å². The molecular formula is C9H19NO. The monoisotopic (exact) mass is 157 g/mol. The van der Waals surface area contributed by atoms with Crippen LogP contribution in [0.1, 0.15) is 41.0 Å². The Morgan fingerprint density at radius 3 is 2.18 bits per heavy atom. The van der Waals surface area contributed by atoms with Gasteiger partial charge in [-0.05, 0) is 27.2 Å². The SMILES string of the molecule is CC[C@H](C)C(=O)NC(C)(C)C. The molecule has 1 amide bonds. The molecule has 1 atom stereocenters. The Morgan fingerprint density at radius 1 is 1.45 bits per heavy atom. The summed E-state index contributed by atoms with van der Waals surface area (Å²) >= 11 is 0. The predicted molar refractivity (Wildman–Crippen MR) is 47.4 cm³/mol. The van der Waals surface area contributed by atoms with E-state index in [0.29, 0.717) is 0 Å². The molecule has 0 saturated carbocycles. The first-order chi connectivity index (χ1) is 4.87. The van der Waals surface area contributed by atoms with Crippen molar-refractivity contribution in [3.05, 3.63) is 0 Å². The third-order valence-corrected chi connectivity index (χ3v) is 1.56. The molecule has 1 N–H and O–H groups in total. The zero-order valence-corrected chi connectivity index (χ0v) is 8.19. The fourth-order valence-corrected chi connectivity index (χ4v) is 0.678. The van der Waals surface area contributed by atoms with E-state index in [0.717, 1.165) is 6.42 Å². The topological polar surface area (TPSA) is 29.1 Å². The Bertz CT molecular complexity index is 135. The van der Waals surface area contributed by atoms with E-state index >= 15 is 0 Å². The standard InChI is InChI=1S/C9H19NO/c1-6-7(2)8(11)10-9(3,4)5/h7H,6H2,1-5H3,(H,10,11)/t7-/m0/s1. The highest BCUT2D eigenvalue weighted by molar-refractivity contribution is 5.78. The second-order valence-corrected chi connectivity index (χ2v) is 4.05. The number of nitrogens with one attached hydrogen (secondary N) is 1. The van der Waals surface area contributed by atoms with Gasteiger partial charge in [0.15, 0.2) is 0 Å². The summed E-state index contributed by atoms with van der Waals surface area (Å²) in [5.41, 5.74) is -0.0967. The van der Waals surface area contributed by atoms with Crippen molar-refractivity contribution in [2.24, 2.45) is 5.92 Å². The second-order valence-electron chi connectivity index (χ2n) is 4.05. The zero-order chi connectivity index (χ0) is 9.07. The van der Waals surface area contributed by atoms with Crippen molar-refractivity contribution >= 4 is 5.91 Å². The van der Waals surface area contributed by atoms with Crippen molar-refractivity contribution in [2.45, 2.75) is 46.6 Å². The van der Waals surface area contributed by atoms with E-state index in [9.17, 15) is 4.79 Å². The van der Waals surface area contributed by atoms with Gasteiger partial charge in [-0.3, -0.25) is 4.79 Å². The Balaban J connectivity index is 3.88. The van der Waals surface area contributed by atoms with Crippen molar-refractivity contribution in [3.8, 4) is 0 Å². The smallest absolute Gasteiger partial charge is 0.223 e. The number of rotatable bonds is 2. The fourth-order valence-electron chi connectivity index (χ4n) is 0.678. The Morgan fingerprint density at radius 2 is 1.91 bits per heavy atom. The molecule has 0 aliphatic heterocycles. The minimum Gasteiger partial charge on any atom is -0.351 e. The summed E-state index contributed by atoms with van der Waals surface area (Å²) in [6.45, 7) is 9.95. The molecule has 2 nitrogen and oxygen atoms in total. The van der Waals surface area contributed by atoms with Gasteiger partial charge in [0, 0.05) is 11.5 Å². The predicted octanol–water partition coefficient (Wildman–Crippen LogP) is 1.95. The molecule has 66 valence electrons. The van der Waals surface area contributed by atoms with Gasteiger partial charge in [0.1, 0.15) is 0 Å². The molecule has 0 radical (unpaired) electrons. The van der Waals surface area contributed by atoms with Crippen LogP contribution in [0.2, 0.25) is 0 Å². The van der Waals surface area contributed by atoms with Crippen LogP contribution < -0.4 is 5.32 Å². The van der Waals surface area contributed by atoms with Gasteiger partial charge in [0.05, 0.1) is 0 Å². The van der Waals surface area contributed by atoms with Gasteiger partial charge < -0.3 is 5.32 Å². The van der Waals surface area contributed by atoms with Crippen molar-refractivity contribution in [1.82, 2.24) is 5.32 Å². The number of hydrogen-bond acceptors (Lipinski definition) is 1. The van der Waals surface area contributed by atoms with Crippen LogP contribution in [0, 0.1) is 5.92 Å². The number of carbonyl (C=O) groups excluding carboxylic acids is 1. The van der Waals surface area contributed by atoms with Crippen LogP contribution in [0.3, 0.4) is 0 Å². The highest BCUT2D eigenvalue weighted by atomic mass is 16.2. The molecule has 0 unspecified atom stereocenters. The van der Waals surface area contributed by atoms with Gasteiger partial charge in [-0.2, -0.15) is 0 Å². The summed E-state index contributed by atoms with van der Waals surface area (Å²) < 4.78 is 0. The summed E-state index contributed by atoms with van der Waals surface area (Å²) in [7, 11) is 0. The normalized spacial score (nSPS) is 14.3. The van der Waals surface area contributed by atoms with E-state index < -0.39 is 0 Å². The summed E-state index contributed by atoms with van der Waals surface area (Å²) in [5.74, 6) is 0.286. The molecular weight excluding hydrogens is 138 g/mol. The minimum atomic E-state index is -0.0967. The van der Waals surface area contributed by atoms with Gasteiger partial charge in [-0.15, -0.1) is 0 Å². The molecule has 0 fully saturated rings. The van der Waals surface area contributed by atoms with Gasteiger partial charge in [0.2, 0.25) is 5.91 Å². The summed E-state index contributed by atoms with van der Waals surface area (Å²) in [6, 6.07) is 0. The van der Waals surface area contributed by atoms with Crippen LogP contribution >= 0.6 is 0 Å². The van der Waals surface area contributed by atoms with Gasteiger partial charge in [0.25, 0.3) is 0 Å². The highest BCUT2D eigenvalue weighted by Crippen LogP contribution is 2.05. The Labute approximate surface area is 69.4 Å². The molecule has 0 aromatic heterocycles. The largest absolute Gasteiger partial charge is 0.351 e. The number of amides is 1. The maximum absolute atomic E-state index is 11.3. The van der Waals surface area contributed by atoms with Crippen LogP contribution in [0.4, 0.5) is 0 Å². The first-order valence-corrected chi connectivity index (χ1v) is 4.19. The molecule has 0 rings (SSSR count). The van der Waals surface area contributed by atoms with Gasteiger partial charge >= 0.3 is 0 Å². The van der Waals surface area contributed by atoms with Gasteiger partial charge in [-0.25, -0.2) is 0 Å². The van der Waals surface area contributed by atoms with Crippen LogP contribution in [0.15, 0.2) is 0 Å². The molecule has 0 aromatic carbocycles. The van der Waals surface area contributed by atoms with E-state index in [-0.39, 0.29) is 17.4 Å². The number of carbonyl (C=O) groups is 1. The molecule has 0 bridgehead atoms. The summed E-state index contributed by atoms with van der Waals surface area (Å²) in [6.07, 6.45) is 0.905. The lowest BCUT2D eigenvalue weighted by Crippen LogP contribution is -2.43. The van der Waals surface area contributed by atoms with Crippen molar-refractivity contribution in [1.29, 1.82) is 0 Å². The third-order valence-electron chi connectivity index (χ3n) is 1.56. The van der Waals surface area contributed by atoms with Gasteiger partial charge in [-0.1, -0.05) is 13.8 Å². The molecule has 0 saturated heterocycles. The lowest BCUT2D eigenvalue weighted by atomic mass is 10.0. The fraction of sp³-hybridized carbons (Fsp3) is 0.889. The van der Waals surface area contributed by atoms with E-state index in [1.807, 2.05) is 34.6 Å². The maximum Gasteiger partial charge on any atom is 0.223 e. The van der Waals surface area contributed by atoms with Crippen molar-refractivity contribution in [3.63, 3.8) is 0 Å². The first-order valence-electron chi connectivity index (χ1n) is 4.19. The Kier molecular flexibility index (Phi) is 3.56. The molecule has 0 spiro atoms. The zero-order valence-electron chi connectivity index (χ0n) is 8.19. The van der Waals surface area contributed by atoms with Crippen LogP contribution in [0.25, 0.3) is 0 Å². The van der Waals surface area contributed by atoms with Crippen molar-refractivity contribution in [2.75, 3.05) is 0 Å². The quantitative estimate of drug-likeness (QED) is 0.652. The summed E-state index contributed by atoms with van der Waals surface area (Å²) in [4.78, 5) is 11.3. The second kappa shape index (κ2) is 3.74. The van der Waals surface area contributed by atoms with E-state index in [2.05, 4.69) is 5.32 Å². The Hall–Kier alpha value is -0.530. The minimum absolute atomic E-state index is 0.0967. The van der Waals surface area contributed by atoms with E-state index in [1.54, 1.807) is 0 Å². The summed E-state index contributed by atoms with van der Waals surface area (Å²) in [5, 5.41) is 2.93. The molecule has 0 aliphatic rings. The molecule has 11 heavy (non-hydrogen) atoms. The average molecular weight is 157 g/mol. The lowest BCUT2D eigenvalue weighted by Gasteiger charge is -2.22. The van der Waals surface area contributed by atoms with Crippen molar-refractivity contribution < 1.29 is 4.79 Å². The van der Waals surface area contributed by atoms with Crippen LogP contribution in [0.5, 0.6) is 0 Å². The molecule has 0 heterocycles. The number of hydrogen-bond donors (Lipinski definition) is 1. The third kappa shape index (κ3) is 4.82. The average Bonchev–Trinajstić information content (AvgIpc) is 1.82. The molecule has 0 aliphatic carbocycles. The van der Waals surface area contributed by atoms with Crippen LogP contribution in [-0.2, 0) is 4.79 Å². The van der Waals surface area contributed by atoms with E-state index in [1.165, 1.54) is 0 Å². The first kappa shape index (κ1) is 10.5. The molecule has 2 heteroatoms. The highest BCUT2D eigenvalue weighted by Gasteiger charge is 2.17.